The molecule has 0 bridgehead atoms. The molecule has 0 aromatic heterocycles. The van der Waals surface area contributed by atoms with E-state index in [0.717, 1.165) is 36.4 Å². The Labute approximate surface area is 537 Å². The normalized spacial score (nSPS) is 11.5. The predicted octanol–water partition coefficient (Wildman–Crippen LogP) is -17.5. The number of hydrogen-bond acceptors (Lipinski definition) is 21. The molecule has 0 fully saturated rings. The fraction of sp³-hybridized carbons (Fsp3) is 0. The summed E-state index contributed by atoms with van der Waals surface area (Å²) >= 11 is 0. The van der Waals surface area contributed by atoms with Crippen molar-refractivity contribution in [2.24, 2.45) is 20.5 Å². The molecule has 0 unspecified atom stereocenters. The number of nitrogens with one attached hydrogen (secondary N) is 2. The van der Waals surface area contributed by atoms with Crippen molar-refractivity contribution in [2.75, 3.05) is 10.6 Å². The van der Waals surface area contributed by atoms with Crippen LogP contribution in [0.4, 0.5) is 38.9 Å². The van der Waals surface area contributed by atoms with Gasteiger partial charge in [-0.05, 0) is 93.3 Å². The SMILES string of the molecule is O=C(Nc1ccc2c([O-])c(N=Nc3cc(C(=O)[O-])c([O-])c(S(=O)(=O)O)c3)c(S(=O)(=O)O)cc2c1)Nc1ccc2c([O-])c(N=Nc3cc(C(=O)[O-])c([O-])c(S(=O)(=O)O)c3)c(S(=O)(=O)O)cc2c1.[Na+].[Na+].[Na+].[Na+].[Na+].[Na+]. The maximum absolute atomic E-state index is 13.4. The minimum absolute atomic E-state index is 0. The number of carboxylic acids is 2. The molecule has 0 atom stereocenters. The molecule has 6 aromatic rings. The molecule has 0 aliphatic rings. The van der Waals surface area contributed by atoms with E-state index in [0.29, 0.717) is 36.4 Å². The van der Waals surface area contributed by atoms with Gasteiger partial charge in [0.05, 0.1) is 44.5 Å². The molecular formula is C35H18N6Na6O21S4. The molecule has 0 spiro atoms. The molecule has 0 radical (unpaired) electrons. The van der Waals surface area contributed by atoms with E-state index in [-0.39, 0.29) is 210 Å². The van der Waals surface area contributed by atoms with Gasteiger partial charge in [-0.2, -0.15) is 43.9 Å². The van der Waals surface area contributed by atoms with Gasteiger partial charge in [-0.25, -0.2) is 4.79 Å². The Morgan fingerprint density at radius 2 is 0.722 bits per heavy atom. The predicted molar refractivity (Wildman–Crippen MR) is 207 cm³/mol. The number of aromatic carboxylic acids is 2. The largest absolute Gasteiger partial charge is 1.00 e. The summed E-state index contributed by atoms with van der Waals surface area (Å²) < 4.78 is 134. The zero-order valence-electron chi connectivity index (χ0n) is 37.6. The summed E-state index contributed by atoms with van der Waals surface area (Å²) in [6, 6.07) is 8.33. The van der Waals surface area contributed by atoms with E-state index in [1.165, 1.54) is 0 Å². The van der Waals surface area contributed by atoms with Crippen LogP contribution in [0.2, 0.25) is 0 Å². The van der Waals surface area contributed by atoms with Crippen LogP contribution in [-0.2, 0) is 40.5 Å². The molecule has 6 aromatic carbocycles. The number of fused-ring (bicyclic) bond motifs is 2. The fourth-order valence-electron chi connectivity index (χ4n) is 5.90. The number of urea groups is 1. The molecule has 6 N–H and O–H groups in total. The van der Waals surface area contributed by atoms with Crippen molar-refractivity contribution >= 4 is 114 Å². The molecule has 27 nitrogen and oxygen atoms in total. The van der Waals surface area contributed by atoms with Gasteiger partial charge in [0.2, 0.25) is 0 Å². The molecule has 2 amide bonds. The number of carbonyl (C=O) groups is 3. The number of azo groups is 2. The molecule has 37 heteroatoms. The van der Waals surface area contributed by atoms with Crippen LogP contribution < -0.4 is 219 Å². The maximum atomic E-state index is 13.4. The van der Waals surface area contributed by atoms with Crippen molar-refractivity contribution in [3.8, 4) is 23.0 Å². The minimum atomic E-state index is -5.35. The zero-order valence-corrected chi connectivity index (χ0v) is 52.8. The third kappa shape index (κ3) is 16.1. The first-order chi connectivity index (χ1) is 30.4. The van der Waals surface area contributed by atoms with Gasteiger partial charge in [0.25, 0.3) is 40.5 Å². The van der Waals surface area contributed by atoms with Crippen molar-refractivity contribution in [1.82, 2.24) is 0 Å². The number of carboxylic acid groups (broad SMARTS) is 2. The minimum Gasteiger partial charge on any atom is -0.871 e. The topological polar surface area (TPSA) is 481 Å². The number of hydrogen-bond donors (Lipinski definition) is 6. The summed E-state index contributed by atoms with van der Waals surface area (Å²) in [5.41, 5.74) is -6.72. The Kier molecular flexibility index (Phi) is 26.2. The van der Waals surface area contributed by atoms with Crippen molar-refractivity contribution < 1.29 is 274 Å². The average molecular weight is 1120 g/mol. The van der Waals surface area contributed by atoms with Gasteiger partial charge < -0.3 is 50.9 Å². The number of amides is 2. The summed E-state index contributed by atoms with van der Waals surface area (Å²) in [4.78, 5) is 30.5. The van der Waals surface area contributed by atoms with Gasteiger partial charge >= 0.3 is 183 Å². The number of carbonyl (C=O) groups excluding carboxylic acids is 3. The zero-order chi connectivity index (χ0) is 49.0. The summed E-state index contributed by atoms with van der Waals surface area (Å²) in [5, 5.41) is 91.1. The number of rotatable bonds is 12. The van der Waals surface area contributed by atoms with E-state index in [9.17, 15) is 96.9 Å². The first-order valence-corrected chi connectivity index (χ1v) is 22.7. The molecule has 0 aliphatic carbocycles. The van der Waals surface area contributed by atoms with Crippen LogP contribution in [0, 0.1) is 0 Å². The van der Waals surface area contributed by atoms with Crippen molar-refractivity contribution in [3.05, 3.63) is 83.9 Å². The fourth-order valence-corrected chi connectivity index (χ4v) is 8.44. The van der Waals surface area contributed by atoms with Gasteiger partial charge in [-0.15, -0.1) is 10.2 Å². The molecule has 0 aliphatic heterocycles. The maximum Gasteiger partial charge on any atom is 1.00 e. The molecular weight excluding hydrogens is 1110 g/mol. The van der Waals surface area contributed by atoms with Crippen LogP contribution in [0.5, 0.6) is 23.0 Å². The number of anilines is 2. The molecule has 0 heterocycles. The van der Waals surface area contributed by atoms with Gasteiger partial charge in [-0.1, -0.05) is 35.1 Å². The monoisotopic (exact) mass is 1120 g/mol. The van der Waals surface area contributed by atoms with Crippen LogP contribution in [0.1, 0.15) is 20.7 Å². The van der Waals surface area contributed by atoms with Crippen LogP contribution in [0.15, 0.2) is 113 Å². The van der Waals surface area contributed by atoms with Gasteiger partial charge in [0, 0.05) is 11.4 Å². The molecule has 344 valence electrons. The third-order valence-electron chi connectivity index (χ3n) is 8.74. The third-order valence-corrected chi connectivity index (χ3v) is 12.2. The first kappa shape index (κ1) is 70.1. The smallest absolute Gasteiger partial charge is 0.871 e. The summed E-state index contributed by atoms with van der Waals surface area (Å²) in [5.74, 6) is -10.3. The van der Waals surface area contributed by atoms with E-state index in [2.05, 4.69) is 31.1 Å². The van der Waals surface area contributed by atoms with Crippen molar-refractivity contribution in [3.63, 3.8) is 0 Å². The van der Waals surface area contributed by atoms with Crippen molar-refractivity contribution in [2.45, 2.75) is 19.6 Å². The van der Waals surface area contributed by atoms with E-state index >= 15 is 0 Å². The first-order valence-electron chi connectivity index (χ1n) is 17.0. The molecule has 6 rings (SSSR count). The second-order valence-electron chi connectivity index (χ2n) is 13.1. The summed E-state index contributed by atoms with van der Waals surface area (Å²) in [7, 11) is -21.4. The van der Waals surface area contributed by atoms with Crippen LogP contribution in [0.25, 0.3) is 21.5 Å². The molecule has 72 heavy (non-hydrogen) atoms. The average Bonchev–Trinajstić information content (AvgIpc) is 3.18. The van der Waals surface area contributed by atoms with E-state index < -0.39 is 135 Å². The van der Waals surface area contributed by atoms with E-state index in [1.807, 2.05) is 0 Å². The second kappa shape index (κ2) is 26.9. The van der Waals surface area contributed by atoms with Gasteiger partial charge in [0.15, 0.2) is 0 Å². The van der Waals surface area contributed by atoms with Crippen LogP contribution in [-0.4, -0.2) is 69.9 Å². The molecule has 0 saturated carbocycles. The standard InChI is InChI=1S/C35H24N6O21S4.6Na/c42-29-21(33(46)47)9-17(11-25(29)65(57,58)59)38-40-27-23(63(51,52)53)7-13-5-15(1-3-19(13)31(27)44)36-35(50)37-16-2-4-20-14(6-16)8-24(64(54,55)56)28(32(20)45)41-39-18-10-22(34(48)49)30(43)26(12-18)66(60,61)62;;;;;;/h1-12,42-45H,(H,46,47)(H,48,49)(H2,36,37,50)(H,51,52,53)(H,54,55,56)(H,57,58,59)(H,60,61,62);;;;;;/q;6*+1/p-6. The van der Waals surface area contributed by atoms with Gasteiger partial charge in [-0.3, -0.25) is 18.2 Å². The van der Waals surface area contributed by atoms with Crippen molar-refractivity contribution in [1.29, 1.82) is 0 Å². The Morgan fingerprint density at radius 3 is 1.00 bits per heavy atom. The quantitative estimate of drug-likeness (QED) is 0.0376. The van der Waals surface area contributed by atoms with Crippen LogP contribution in [0.3, 0.4) is 0 Å². The Balaban J connectivity index is 0.00000840. The van der Waals surface area contributed by atoms with E-state index in [1.54, 1.807) is 0 Å². The van der Waals surface area contributed by atoms with Gasteiger partial charge in [0.1, 0.15) is 9.79 Å². The summed E-state index contributed by atoms with van der Waals surface area (Å²) in [6.07, 6.45) is 0. The van der Waals surface area contributed by atoms with Crippen LogP contribution >= 0.6 is 0 Å². The summed E-state index contributed by atoms with van der Waals surface area (Å²) in [6.45, 7) is 0. The Morgan fingerprint density at radius 1 is 0.417 bits per heavy atom. The molecule has 0 saturated heterocycles. The number of benzene rings is 6. The van der Waals surface area contributed by atoms with E-state index in [4.69, 9.17) is 0 Å². The second-order valence-corrected chi connectivity index (χ2v) is 18.6. The number of nitrogens with zero attached hydrogens (tertiary/aromatic N) is 4. The Bertz CT molecular complexity index is 3460. The Hall–Kier alpha value is -1.91.